The maximum atomic E-state index is 9.31. The van der Waals surface area contributed by atoms with Crippen LogP contribution in [0, 0.1) is 0 Å². The fraction of sp³-hybridized carbons (Fsp3) is 0.600. The summed E-state index contributed by atoms with van der Waals surface area (Å²) in [5, 5.41) is 9.31. The van der Waals surface area contributed by atoms with Crippen molar-refractivity contribution in [2.75, 3.05) is 11.6 Å². The van der Waals surface area contributed by atoms with Gasteiger partial charge in [-0.15, -0.1) is 0 Å². The third-order valence-corrected chi connectivity index (χ3v) is 2.78. The number of anilines is 1. The molecule has 1 N–H and O–H groups in total. The summed E-state index contributed by atoms with van der Waals surface area (Å²) in [5.74, 6) is 0.828. The normalized spacial score (nSPS) is 17.2. The maximum absolute atomic E-state index is 9.31. The first-order chi connectivity index (χ1) is 6.92. The van der Waals surface area contributed by atoms with E-state index in [1.807, 2.05) is 11.0 Å². The molecule has 2 rings (SSSR count). The molecule has 1 fully saturated rings. The highest BCUT2D eigenvalue weighted by atomic mass is 16.3. The zero-order chi connectivity index (χ0) is 9.80. The van der Waals surface area contributed by atoms with E-state index in [4.69, 9.17) is 0 Å². The van der Waals surface area contributed by atoms with Crippen LogP contribution in [0.25, 0.3) is 0 Å². The largest absolute Gasteiger partial charge is 0.376 e. The van der Waals surface area contributed by atoms with Crippen molar-refractivity contribution in [1.29, 1.82) is 0 Å². The summed E-state index contributed by atoms with van der Waals surface area (Å²) < 4.78 is 0. The number of aliphatic hydroxyl groups is 1. The van der Waals surface area contributed by atoms with Crippen molar-refractivity contribution < 1.29 is 5.11 Å². The number of hydrogen-bond donors (Lipinski definition) is 1. The molecule has 76 valence electrons. The van der Waals surface area contributed by atoms with Crippen LogP contribution < -0.4 is 4.90 Å². The summed E-state index contributed by atoms with van der Waals surface area (Å²) in [4.78, 5) is 9.97. The van der Waals surface area contributed by atoms with E-state index in [1.54, 1.807) is 6.20 Å². The van der Waals surface area contributed by atoms with E-state index in [0.717, 1.165) is 18.7 Å². The molecule has 1 heterocycles. The van der Waals surface area contributed by atoms with Gasteiger partial charge in [0.05, 0.1) is 0 Å². The van der Waals surface area contributed by atoms with Crippen LogP contribution in [0.4, 0.5) is 5.82 Å². The monoisotopic (exact) mass is 193 g/mol. The van der Waals surface area contributed by atoms with E-state index in [1.165, 1.54) is 19.2 Å². The number of aromatic nitrogens is 2. The van der Waals surface area contributed by atoms with E-state index in [2.05, 4.69) is 9.97 Å². The quantitative estimate of drug-likeness (QED) is 0.732. The van der Waals surface area contributed by atoms with Crippen molar-refractivity contribution in [3.05, 3.63) is 18.6 Å². The highest BCUT2D eigenvalue weighted by Gasteiger charge is 2.22. The average molecular weight is 193 g/mol. The van der Waals surface area contributed by atoms with E-state index in [9.17, 15) is 5.11 Å². The van der Waals surface area contributed by atoms with Gasteiger partial charge >= 0.3 is 0 Å². The molecular weight excluding hydrogens is 178 g/mol. The molecule has 1 aliphatic rings. The molecule has 0 aromatic carbocycles. The number of rotatable bonds is 3. The molecule has 0 saturated heterocycles. The third kappa shape index (κ3) is 1.85. The van der Waals surface area contributed by atoms with E-state index in [-0.39, 0.29) is 6.73 Å². The molecule has 0 atom stereocenters. The Morgan fingerprint density at radius 2 is 2.21 bits per heavy atom. The van der Waals surface area contributed by atoms with E-state index < -0.39 is 0 Å². The molecule has 0 spiro atoms. The van der Waals surface area contributed by atoms with Crippen LogP contribution in [0.15, 0.2) is 18.6 Å². The number of aliphatic hydroxyl groups excluding tert-OH is 1. The highest BCUT2D eigenvalue weighted by molar-refractivity contribution is 5.37. The van der Waals surface area contributed by atoms with Gasteiger partial charge in [0.1, 0.15) is 18.9 Å². The lowest BCUT2D eigenvalue weighted by atomic mass is 10.2. The Bertz CT molecular complexity index is 272. The number of hydrogen-bond acceptors (Lipinski definition) is 4. The summed E-state index contributed by atoms with van der Waals surface area (Å²) in [6, 6.07) is 2.30. The van der Waals surface area contributed by atoms with Gasteiger partial charge in [0.25, 0.3) is 0 Å². The minimum atomic E-state index is 0.0433. The SMILES string of the molecule is OCN(c1ccncn1)C1CCCC1. The van der Waals surface area contributed by atoms with Gasteiger partial charge in [-0.25, -0.2) is 9.97 Å². The summed E-state index contributed by atoms with van der Waals surface area (Å²) in [5.41, 5.74) is 0. The van der Waals surface area contributed by atoms with Crippen molar-refractivity contribution in [2.24, 2.45) is 0 Å². The summed E-state index contributed by atoms with van der Waals surface area (Å²) >= 11 is 0. The van der Waals surface area contributed by atoms with Gasteiger partial charge in [0.2, 0.25) is 0 Å². The van der Waals surface area contributed by atoms with Gasteiger partial charge < -0.3 is 10.0 Å². The minimum Gasteiger partial charge on any atom is -0.376 e. The Morgan fingerprint density at radius 1 is 1.43 bits per heavy atom. The topological polar surface area (TPSA) is 49.2 Å². The molecule has 14 heavy (non-hydrogen) atoms. The van der Waals surface area contributed by atoms with Crippen LogP contribution in [0.1, 0.15) is 25.7 Å². The third-order valence-electron chi connectivity index (χ3n) is 2.78. The van der Waals surface area contributed by atoms with Gasteiger partial charge in [-0.05, 0) is 18.9 Å². The van der Waals surface area contributed by atoms with E-state index >= 15 is 0 Å². The van der Waals surface area contributed by atoms with E-state index in [0.29, 0.717) is 6.04 Å². The van der Waals surface area contributed by atoms with Crippen LogP contribution in [0.5, 0.6) is 0 Å². The van der Waals surface area contributed by atoms with Gasteiger partial charge in [-0.2, -0.15) is 0 Å². The lowest BCUT2D eigenvalue weighted by Crippen LogP contribution is -2.34. The second kappa shape index (κ2) is 4.37. The van der Waals surface area contributed by atoms with Crippen molar-refractivity contribution >= 4 is 5.82 Å². The van der Waals surface area contributed by atoms with Crippen molar-refractivity contribution in [3.8, 4) is 0 Å². The zero-order valence-electron chi connectivity index (χ0n) is 8.13. The minimum absolute atomic E-state index is 0.0433. The Balaban J connectivity index is 2.12. The molecule has 4 nitrogen and oxygen atoms in total. The molecule has 0 radical (unpaired) electrons. The Hall–Kier alpha value is -1.16. The molecule has 1 aromatic rings. The highest BCUT2D eigenvalue weighted by Crippen LogP contribution is 2.25. The molecule has 0 amide bonds. The van der Waals surface area contributed by atoms with Crippen LogP contribution >= 0.6 is 0 Å². The lowest BCUT2D eigenvalue weighted by Gasteiger charge is -2.27. The molecule has 1 aliphatic carbocycles. The van der Waals surface area contributed by atoms with Crippen molar-refractivity contribution in [2.45, 2.75) is 31.7 Å². The molecular formula is C10H15N3O. The molecule has 1 saturated carbocycles. The average Bonchev–Trinajstić information content (AvgIpc) is 2.74. The summed E-state index contributed by atoms with van der Waals surface area (Å²) in [7, 11) is 0. The molecule has 0 bridgehead atoms. The number of nitrogens with zero attached hydrogens (tertiary/aromatic N) is 3. The Kier molecular flexibility index (Phi) is 2.93. The molecule has 4 heteroatoms. The fourth-order valence-corrected chi connectivity index (χ4v) is 2.04. The van der Waals surface area contributed by atoms with Crippen LogP contribution in [-0.4, -0.2) is 27.8 Å². The molecule has 1 aromatic heterocycles. The van der Waals surface area contributed by atoms with Crippen molar-refractivity contribution in [1.82, 2.24) is 9.97 Å². The second-order valence-corrected chi connectivity index (χ2v) is 3.62. The van der Waals surface area contributed by atoms with Gasteiger partial charge in [-0.3, -0.25) is 0 Å². The first-order valence-corrected chi connectivity index (χ1v) is 5.05. The second-order valence-electron chi connectivity index (χ2n) is 3.62. The maximum Gasteiger partial charge on any atom is 0.133 e. The summed E-state index contributed by atoms with van der Waals surface area (Å²) in [6.07, 6.45) is 8.06. The first-order valence-electron chi connectivity index (χ1n) is 5.05. The smallest absolute Gasteiger partial charge is 0.133 e. The summed E-state index contributed by atoms with van der Waals surface area (Å²) in [6.45, 7) is 0.0433. The van der Waals surface area contributed by atoms with Gasteiger partial charge in [-0.1, -0.05) is 12.8 Å². The lowest BCUT2D eigenvalue weighted by molar-refractivity contribution is 0.275. The van der Waals surface area contributed by atoms with Crippen LogP contribution in [0.3, 0.4) is 0 Å². The predicted molar refractivity (Wildman–Crippen MR) is 53.9 cm³/mol. The van der Waals surface area contributed by atoms with Crippen molar-refractivity contribution in [3.63, 3.8) is 0 Å². The predicted octanol–water partition coefficient (Wildman–Crippen LogP) is 1.18. The molecule has 0 unspecified atom stereocenters. The zero-order valence-corrected chi connectivity index (χ0v) is 8.13. The van der Waals surface area contributed by atoms with Crippen LogP contribution in [0.2, 0.25) is 0 Å². The Morgan fingerprint density at radius 3 is 2.79 bits per heavy atom. The van der Waals surface area contributed by atoms with Gasteiger partial charge in [0, 0.05) is 12.2 Å². The molecule has 0 aliphatic heterocycles. The van der Waals surface area contributed by atoms with Crippen LogP contribution in [-0.2, 0) is 0 Å². The fourth-order valence-electron chi connectivity index (χ4n) is 2.04. The standard InChI is InChI=1S/C10H15N3O/c14-8-13(9-3-1-2-4-9)10-5-6-11-7-12-10/h5-7,9,14H,1-4,8H2. The van der Waals surface area contributed by atoms with Gasteiger partial charge in [0.15, 0.2) is 0 Å². The first kappa shape index (κ1) is 9.40. The Labute approximate surface area is 83.6 Å².